The van der Waals surface area contributed by atoms with E-state index in [1.807, 2.05) is 6.92 Å². The second kappa shape index (κ2) is 8.33. The van der Waals surface area contributed by atoms with Gasteiger partial charge >= 0.3 is 17.9 Å². The van der Waals surface area contributed by atoms with Gasteiger partial charge in [-0.2, -0.15) is 0 Å². The topological polar surface area (TPSA) is 166 Å². The molecule has 0 amide bonds. The summed E-state index contributed by atoms with van der Waals surface area (Å²) in [7, 11) is 1.10. The molecule has 2 bridgehead atoms. The Bertz CT molecular complexity index is 1080. The van der Waals surface area contributed by atoms with Crippen LogP contribution in [-0.4, -0.2) is 88.8 Å². The Morgan fingerprint density at radius 1 is 1.14 bits per heavy atom. The second-order valence-corrected chi connectivity index (χ2v) is 11.8. The normalized spacial score (nSPS) is 49.8. The predicted molar refractivity (Wildman–Crippen MR) is 122 cm³/mol. The molecule has 5 aliphatic rings. The number of methoxy groups -OCH3 is 1. The standard InChI is InChI=1S/C26H34O11/c1-10(2)6-15(28)37-18-20-25-9-35-26(20,23(33)34-5)21(31)17(30)19(25)24(4)8-13(27)16(29)11(3)12(24)7-14(25)36-22(18)32/h6,11-14,17-21,27,30-31H,7-9H2,1-5H3/t11-,12-,13+,14+,17+,18+,19+,20+,21-,24-,25+,26?/m0/s1. The Morgan fingerprint density at radius 2 is 1.81 bits per heavy atom. The molecule has 0 aromatic heterocycles. The zero-order valence-corrected chi connectivity index (χ0v) is 21.5. The summed E-state index contributed by atoms with van der Waals surface area (Å²) in [6.45, 7) is 6.70. The number of Topliss-reactive ketones (excluding diaryl/α,β-unsaturated/α-hetero) is 1. The first-order valence-electron chi connectivity index (χ1n) is 12.6. The smallest absolute Gasteiger partial charge is 0.348 e. The zero-order chi connectivity index (χ0) is 27.2. The molecular weight excluding hydrogens is 488 g/mol. The van der Waals surface area contributed by atoms with Crippen molar-refractivity contribution < 1.29 is 53.4 Å². The number of carbonyl (C=O) groups is 4. The van der Waals surface area contributed by atoms with Crippen LogP contribution in [-0.2, 0) is 38.1 Å². The number of fused-ring (bicyclic) bond motifs is 2. The summed E-state index contributed by atoms with van der Waals surface area (Å²) in [5, 5.41) is 33.9. The van der Waals surface area contributed by atoms with Gasteiger partial charge < -0.3 is 34.3 Å². The van der Waals surface area contributed by atoms with Crippen molar-refractivity contribution in [3.63, 3.8) is 0 Å². The van der Waals surface area contributed by atoms with E-state index >= 15 is 0 Å². The predicted octanol–water partition coefficient (Wildman–Crippen LogP) is -0.318. The van der Waals surface area contributed by atoms with Gasteiger partial charge in [-0.3, -0.25) is 4.79 Å². The van der Waals surface area contributed by atoms with Crippen molar-refractivity contribution in [1.29, 1.82) is 0 Å². The van der Waals surface area contributed by atoms with Crippen LogP contribution in [0.25, 0.3) is 0 Å². The van der Waals surface area contributed by atoms with E-state index in [1.54, 1.807) is 20.8 Å². The van der Waals surface area contributed by atoms with Crippen LogP contribution in [0.2, 0.25) is 0 Å². The van der Waals surface area contributed by atoms with Gasteiger partial charge in [0.05, 0.1) is 25.7 Å². The summed E-state index contributed by atoms with van der Waals surface area (Å²) in [5.41, 5.74) is -3.75. The minimum absolute atomic E-state index is 0.0118. The summed E-state index contributed by atoms with van der Waals surface area (Å²) in [5.74, 6) is -6.17. The maximum absolute atomic E-state index is 13.4. The third kappa shape index (κ3) is 3.14. The minimum Gasteiger partial charge on any atom is -0.467 e. The van der Waals surface area contributed by atoms with Crippen LogP contribution in [0.5, 0.6) is 0 Å². The first kappa shape index (κ1) is 26.3. The molecule has 0 aromatic rings. The molecule has 37 heavy (non-hydrogen) atoms. The summed E-state index contributed by atoms with van der Waals surface area (Å²) in [6.07, 6.45) is -5.78. The SMILES string of the molecule is COC(=O)C12OC[C@]34[C@H]([C@@H](O)[C@@H]1O)[C@@]1(C)C[C@@H](O)C(=O)[C@@H](C)[C@@H]1C[C@H]3OC(=O)[C@H](OC(=O)C=C(C)C)[C@@H]24. The van der Waals surface area contributed by atoms with E-state index in [2.05, 4.69) is 0 Å². The van der Waals surface area contributed by atoms with Gasteiger partial charge in [-0.15, -0.1) is 0 Å². The lowest BCUT2D eigenvalue weighted by Crippen LogP contribution is -2.79. The van der Waals surface area contributed by atoms with Gasteiger partial charge in [-0.1, -0.05) is 19.4 Å². The molecule has 0 radical (unpaired) electrons. The lowest BCUT2D eigenvalue weighted by Gasteiger charge is -2.68. The number of allylic oxidation sites excluding steroid dienone is 1. The Labute approximate surface area is 214 Å². The fourth-order valence-electron chi connectivity index (χ4n) is 8.63. The summed E-state index contributed by atoms with van der Waals surface area (Å²) in [4.78, 5) is 52.1. The van der Waals surface area contributed by atoms with E-state index in [0.29, 0.717) is 5.57 Å². The quantitative estimate of drug-likeness (QED) is 0.253. The summed E-state index contributed by atoms with van der Waals surface area (Å²) >= 11 is 0. The van der Waals surface area contributed by atoms with E-state index in [9.17, 15) is 34.5 Å². The fraction of sp³-hybridized carbons (Fsp3) is 0.769. The van der Waals surface area contributed by atoms with Crippen LogP contribution in [0, 0.1) is 34.5 Å². The molecule has 5 fully saturated rings. The number of aliphatic hydroxyl groups is 3. The van der Waals surface area contributed by atoms with Crippen LogP contribution in [0.15, 0.2) is 11.6 Å². The highest BCUT2D eigenvalue weighted by Crippen LogP contribution is 2.73. The van der Waals surface area contributed by atoms with Gasteiger partial charge in [0, 0.05) is 23.3 Å². The van der Waals surface area contributed by atoms with E-state index < -0.39 is 88.5 Å². The highest BCUT2D eigenvalue weighted by Gasteiger charge is 2.85. The molecular formula is C26H34O11. The molecule has 2 heterocycles. The summed E-state index contributed by atoms with van der Waals surface area (Å²) in [6, 6.07) is 0. The van der Waals surface area contributed by atoms with Crippen molar-refractivity contribution in [2.45, 2.75) is 76.7 Å². The number of hydrogen-bond acceptors (Lipinski definition) is 11. The third-order valence-electron chi connectivity index (χ3n) is 9.87. The third-order valence-corrected chi connectivity index (χ3v) is 9.87. The Kier molecular flexibility index (Phi) is 5.91. The monoisotopic (exact) mass is 522 g/mol. The molecule has 1 unspecified atom stereocenters. The van der Waals surface area contributed by atoms with E-state index in [-0.39, 0.29) is 25.2 Å². The second-order valence-electron chi connectivity index (χ2n) is 11.8. The number of esters is 3. The van der Waals surface area contributed by atoms with E-state index in [1.165, 1.54) is 6.08 Å². The maximum Gasteiger partial charge on any atom is 0.348 e. The largest absolute Gasteiger partial charge is 0.467 e. The maximum atomic E-state index is 13.4. The van der Waals surface area contributed by atoms with Gasteiger partial charge in [0.25, 0.3) is 0 Å². The molecule has 11 heteroatoms. The van der Waals surface area contributed by atoms with E-state index in [0.717, 1.165) is 7.11 Å². The number of aliphatic hydroxyl groups excluding tert-OH is 3. The number of ether oxygens (including phenoxy) is 4. The van der Waals surface area contributed by atoms with Crippen LogP contribution in [0.1, 0.15) is 40.5 Å². The van der Waals surface area contributed by atoms with Gasteiger partial charge in [0.2, 0.25) is 11.7 Å². The van der Waals surface area contributed by atoms with Crippen LogP contribution in [0.4, 0.5) is 0 Å². The van der Waals surface area contributed by atoms with Crippen LogP contribution in [0.3, 0.4) is 0 Å². The molecule has 2 saturated heterocycles. The number of hydrogen-bond donors (Lipinski definition) is 3. The average Bonchev–Trinajstić information content (AvgIpc) is 3.12. The first-order chi connectivity index (χ1) is 17.3. The lowest BCUT2D eigenvalue weighted by molar-refractivity contribution is -0.299. The van der Waals surface area contributed by atoms with Crippen molar-refractivity contribution >= 4 is 23.7 Å². The molecule has 3 N–H and O–H groups in total. The number of rotatable bonds is 3. The van der Waals surface area contributed by atoms with Gasteiger partial charge in [0.1, 0.15) is 18.3 Å². The molecule has 12 atom stereocenters. The number of carbonyl (C=O) groups excluding carboxylic acids is 4. The van der Waals surface area contributed by atoms with Crippen molar-refractivity contribution in [3.8, 4) is 0 Å². The highest BCUT2D eigenvalue weighted by molar-refractivity contribution is 5.90. The van der Waals surface area contributed by atoms with Crippen molar-refractivity contribution in [3.05, 3.63) is 11.6 Å². The average molecular weight is 523 g/mol. The van der Waals surface area contributed by atoms with Gasteiger partial charge in [-0.05, 0) is 38.0 Å². The van der Waals surface area contributed by atoms with Crippen molar-refractivity contribution in [2.24, 2.45) is 34.5 Å². The Balaban J connectivity index is 1.72. The fourth-order valence-corrected chi connectivity index (χ4v) is 8.63. The van der Waals surface area contributed by atoms with Gasteiger partial charge in [-0.25, -0.2) is 14.4 Å². The van der Waals surface area contributed by atoms with Crippen molar-refractivity contribution in [2.75, 3.05) is 13.7 Å². The molecule has 2 aliphatic heterocycles. The van der Waals surface area contributed by atoms with Crippen molar-refractivity contribution in [1.82, 2.24) is 0 Å². The lowest BCUT2D eigenvalue weighted by atomic mass is 9.37. The molecule has 0 aromatic carbocycles. The highest BCUT2D eigenvalue weighted by atomic mass is 16.6. The molecule has 5 rings (SSSR count). The molecule has 204 valence electrons. The molecule has 3 aliphatic carbocycles. The molecule has 1 spiro atoms. The minimum atomic E-state index is -2.20. The Morgan fingerprint density at radius 3 is 2.43 bits per heavy atom. The first-order valence-corrected chi connectivity index (χ1v) is 12.6. The van der Waals surface area contributed by atoms with Crippen LogP contribution >= 0.6 is 0 Å². The molecule has 3 saturated carbocycles. The summed E-state index contributed by atoms with van der Waals surface area (Å²) < 4.78 is 22.5. The Hall–Kier alpha value is -2.34. The van der Waals surface area contributed by atoms with Gasteiger partial charge in [0.15, 0.2) is 5.78 Å². The zero-order valence-electron chi connectivity index (χ0n) is 21.5. The van der Waals surface area contributed by atoms with E-state index in [4.69, 9.17) is 18.9 Å². The number of ketones is 1. The molecule has 11 nitrogen and oxygen atoms in total. The van der Waals surface area contributed by atoms with Crippen LogP contribution < -0.4 is 0 Å².